The van der Waals surface area contributed by atoms with Crippen LogP contribution in [0.3, 0.4) is 0 Å². The molecule has 5 nitrogen and oxygen atoms in total. The first-order valence-corrected chi connectivity index (χ1v) is 7.01. The summed E-state index contributed by atoms with van der Waals surface area (Å²) >= 11 is 0. The Bertz CT molecular complexity index is 427. The van der Waals surface area contributed by atoms with E-state index in [-0.39, 0.29) is 5.91 Å². The third-order valence-corrected chi connectivity index (χ3v) is 3.29. The van der Waals surface area contributed by atoms with Crippen LogP contribution in [0.15, 0.2) is 24.3 Å². The Morgan fingerprint density at radius 1 is 1.35 bits per heavy atom. The molecule has 0 unspecified atom stereocenters. The van der Waals surface area contributed by atoms with E-state index in [1.54, 1.807) is 0 Å². The minimum absolute atomic E-state index is 0.0813. The Labute approximate surface area is 120 Å². The van der Waals surface area contributed by atoms with Crippen molar-refractivity contribution in [1.29, 1.82) is 0 Å². The van der Waals surface area contributed by atoms with Gasteiger partial charge in [0.15, 0.2) is 0 Å². The monoisotopic (exact) mass is 277 g/mol. The van der Waals surface area contributed by atoms with Crippen molar-refractivity contribution >= 4 is 11.6 Å². The number of rotatable bonds is 7. The number of anilines is 1. The Morgan fingerprint density at radius 2 is 2.05 bits per heavy atom. The maximum Gasteiger partial charge on any atom is 0.224 e. The molecule has 1 heterocycles. The van der Waals surface area contributed by atoms with E-state index in [1.807, 2.05) is 38.4 Å². The van der Waals surface area contributed by atoms with Gasteiger partial charge in [-0.05, 0) is 57.4 Å². The summed E-state index contributed by atoms with van der Waals surface area (Å²) in [6.07, 6.45) is 0.591. The molecule has 5 heteroatoms. The molecule has 1 aromatic carbocycles. The molecule has 2 N–H and O–H groups in total. The number of ether oxygens (including phenoxy) is 1. The van der Waals surface area contributed by atoms with Crippen molar-refractivity contribution in [3.8, 4) is 5.75 Å². The quantitative estimate of drug-likeness (QED) is 0.786. The van der Waals surface area contributed by atoms with Crippen LogP contribution in [0.2, 0.25) is 0 Å². The van der Waals surface area contributed by atoms with E-state index in [9.17, 15) is 4.79 Å². The minimum atomic E-state index is 0.0813. The highest BCUT2D eigenvalue weighted by Crippen LogP contribution is 2.17. The van der Waals surface area contributed by atoms with Crippen molar-refractivity contribution in [2.24, 2.45) is 5.92 Å². The van der Waals surface area contributed by atoms with Gasteiger partial charge in [-0.25, -0.2) is 0 Å². The van der Waals surface area contributed by atoms with E-state index in [0.29, 0.717) is 18.9 Å². The van der Waals surface area contributed by atoms with E-state index in [4.69, 9.17) is 4.74 Å². The Morgan fingerprint density at radius 3 is 2.60 bits per heavy atom. The van der Waals surface area contributed by atoms with E-state index < -0.39 is 0 Å². The van der Waals surface area contributed by atoms with Crippen molar-refractivity contribution in [2.45, 2.75) is 6.42 Å². The summed E-state index contributed by atoms with van der Waals surface area (Å²) in [5.41, 5.74) is 0.822. The van der Waals surface area contributed by atoms with Crippen LogP contribution in [-0.4, -0.2) is 51.1 Å². The molecule has 0 aliphatic carbocycles. The first kappa shape index (κ1) is 14.8. The SMILES string of the molecule is CN(C)CCOc1ccc(NC(=O)CC2CNC2)cc1. The molecule has 0 radical (unpaired) electrons. The standard InChI is InChI=1S/C15H23N3O2/c1-18(2)7-8-20-14-5-3-13(4-6-14)17-15(19)9-12-10-16-11-12/h3-6,12,16H,7-11H2,1-2H3,(H,17,19). The van der Waals surface area contributed by atoms with Gasteiger partial charge in [-0.1, -0.05) is 0 Å². The van der Waals surface area contributed by atoms with Gasteiger partial charge < -0.3 is 20.3 Å². The molecule has 0 atom stereocenters. The summed E-state index contributed by atoms with van der Waals surface area (Å²) in [6.45, 7) is 3.44. The Hall–Kier alpha value is -1.59. The largest absolute Gasteiger partial charge is 0.492 e. The second-order valence-corrected chi connectivity index (χ2v) is 5.45. The summed E-state index contributed by atoms with van der Waals surface area (Å²) in [5, 5.41) is 6.08. The third kappa shape index (κ3) is 4.83. The van der Waals surface area contributed by atoms with Crippen LogP contribution >= 0.6 is 0 Å². The molecule has 1 amide bonds. The second kappa shape index (κ2) is 7.26. The molecule has 1 aliphatic rings. The predicted molar refractivity (Wildman–Crippen MR) is 80.1 cm³/mol. The van der Waals surface area contributed by atoms with Gasteiger partial charge in [0, 0.05) is 18.7 Å². The highest BCUT2D eigenvalue weighted by atomic mass is 16.5. The Kier molecular flexibility index (Phi) is 5.38. The van der Waals surface area contributed by atoms with Gasteiger partial charge in [0.1, 0.15) is 12.4 Å². The van der Waals surface area contributed by atoms with Crippen molar-refractivity contribution < 1.29 is 9.53 Å². The summed E-state index contributed by atoms with van der Waals surface area (Å²) < 4.78 is 5.61. The predicted octanol–water partition coefficient (Wildman–Crippen LogP) is 1.17. The lowest BCUT2D eigenvalue weighted by Crippen LogP contribution is -2.43. The lowest BCUT2D eigenvalue weighted by Gasteiger charge is -2.26. The molecule has 0 spiro atoms. The van der Waals surface area contributed by atoms with Gasteiger partial charge in [-0.2, -0.15) is 0 Å². The molecule has 1 saturated heterocycles. The van der Waals surface area contributed by atoms with Crippen LogP contribution in [-0.2, 0) is 4.79 Å². The molecule has 1 aliphatic heterocycles. The first-order chi connectivity index (χ1) is 9.63. The van der Waals surface area contributed by atoms with E-state index in [2.05, 4.69) is 15.5 Å². The zero-order chi connectivity index (χ0) is 14.4. The number of likely N-dealkylation sites (N-methyl/N-ethyl adjacent to an activating group) is 1. The minimum Gasteiger partial charge on any atom is -0.492 e. The number of nitrogens with one attached hydrogen (secondary N) is 2. The van der Waals surface area contributed by atoms with Crippen LogP contribution in [0.25, 0.3) is 0 Å². The number of benzene rings is 1. The fourth-order valence-corrected chi connectivity index (χ4v) is 1.95. The maximum absolute atomic E-state index is 11.8. The molecule has 20 heavy (non-hydrogen) atoms. The molecule has 0 bridgehead atoms. The highest BCUT2D eigenvalue weighted by Gasteiger charge is 2.19. The van der Waals surface area contributed by atoms with Gasteiger partial charge >= 0.3 is 0 Å². The van der Waals surface area contributed by atoms with Crippen LogP contribution < -0.4 is 15.4 Å². The second-order valence-electron chi connectivity index (χ2n) is 5.45. The molecule has 0 saturated carbocycles. The topological polar surface area (TPSA) is 53.6 Å². The average Bonchev–Trinajstić information content (AvgIpc) is 2.36. The molecule has 110 valence electrons. The third-order valence-electron chi connectivity index (χ3n) is 3.29. The normalized spacial score (nSPS) is 14.9. The molecule has 0 aromatic heterocycles. The average molecular weight is 277 g/mol. The van der Waals surface area contributed by atoms with E-state index >= 15 is 0 Å². The van der Waals surface area contributed by atoms with Crippen LogP contribution in [0.5, 0.6) is 5.75 Å². The molecule has 1 fully saturated rings. The summed E-state index contributed by atoms with van der Waals surface area (Å²) in [7, 11) is 4.03. The van der Waals surface area contributed by atoms with Gasteiger partial charge in [-0.3, -0.25) is 4.79 Å². The number of hydrogen-bond acceptors (Lipinski definition) is 4. The van der Waals surface area contributed by atoms with Gasteiger partial charge in [0.25, 0.3) is 0 Å². The summed E-state index contributed by atoms with van der Waals surface area (Å²) in [4.78, 5) is 13.8. The fourth-order valence-electron chi connectivity index (χ4n) is 1.95. The smallest absolute Gasteiger partial charge is 0.224 e. The van der Waals surface area contributed by atoms with Gasteiger partial charge in [0.05, 0.1) is 0 Å². The van der Waals surface area contributed by atoms with Crippen molar-refractivity contribution in [3.05, 3.63) is 24.3 Å². The van der Waals surface area contributed by atoms with Crippen LogP contribution in [0.1, 0.15) is 6.42 Å². The zero-order valence-corrected chi connectivity index (χ0v) is 12.2. The highest BCUT2D eigenvalue weighted by molar-refractivity contribution is 5.90. The Balaban J connectivity index is 1.74. The number of carbonyl (C=O) groups excluding carboxylic acids is 1. The molecular formula is C15H23N3O2. The van der Waals surface area contributed by atoms with Crippen LogP contribution in [0, 0.1) is 5.92 Å². The zero-order valence-electron chi connectivity index (χ0n) is 12.2. The first-order valence-electron chi connectivity index (χ1n) is 7.01. The van der Waals surface area contributed by atoms with Gasteiger partial charge in [-0.15, -0.1) is 0 Å². The van der Waals surface area contributed by atoms with Crippen molar-refractivity contribution in [2.75, 3.05) is 45.7 Å². The number of nitrogens with zero attached hydrogens (tertiary/aromatic N) is 1. The number of carbonyl (C=O) groups is 1. The van der Waals surface area contributed by atoms with Crippen molar-refractivity contribution in [3.63, 3.8) is 0 Å². The van der Waals surface area contributed by atoms with Crippen molar-refractivity contribution in [1.82, 2.24) is 10.2 Å². The van der Waals surface area contributed by atoms with Gasteiger partial charge in [0.2, 0.25) is 5.91 Å². The van der Waals surface area contributed by atoms with E-state index in [0.717, 1.165) is 31.1 Å². The fraction of sp³-hybridized carbons (Fsp3) is 0.533. The number of amides is 1. The lowest BCUT2D eigenvalue weighted by atomic mass is 9.99. The molecule has 1 aromatic rings. The molecule has 2 rings (SSSR count). The summed E-state index contributed by atoms with van der Waals surface area (Å²) in [5.74, 6) is 1.40. The van der Waals surface area contributed by atoms with Crippen LogP contribution in [0.4, 0.5) is 5.69 Å². The lowest BCUT2D eigenvalue weighted by molar-refractivity contribution is -0.117. The maximum atomic E-state index is 11.8. The number of hydrogen-bond donors (Lipinski definition) is 2. The van der Waals surface area contributed by atoms with E-state index in [1.165, 1.54) is 0 Å². The summed E-state index contributed by atoms with van der Waals surface area (Å²) in [6, 6.07) is 7.52. The molecular weight excluding hydrogens is 254 g/mol.